The Hall–Kier alpha value is -1.71. The zero-order valence-electron chi connectivity index (χ0n) is 11.9. The fraction of sp³-hybridized carbons (Fsp3) is 0.294. The maximum Gasteiger partial charge on any atom is 0.134 e. The largest absolute Gasteiger partial charge is 0.506 e. The molecule has 0 spiro atoms. The summed E-state index contributed by atoms with van der Waals surface area (Å²) in [5, 5.41) is 9.90. The van der Waals surface area contributed by atoms with Gasteiger partial charge in [0.25, 0.3) is 0 Å². The zero-order valence-corrected chi connectivity index (χ0v) is 12.7. The van der Waals surface area contributed by atoms with Crippen LogP contribution >= 0.6 is 11.6 Å². The number of nitrogens with zero attached hydrogens (tertiary/aromatic N) is 1. The van der Waals surface area contributed by atoms with Gasteiger partial charge in [0.15, 0.2) is 0 Å². The molecular weight excluding hydrogens is 286 g/mol. The molecular formula is C17H18ClNO2. The van der Waals surface area contributed by atoms with E-state index >= 15 is 0 Å². The molecule has 3 rings (SSSR count). The molecule has 2 aromatic carbocycles. The van der Waals surface area contributed by atoms with Crippen molar-refractivity contribution in [1.82, 2.24) is 4.90 Å². The number of para-hydroxylation sites is 1. The van der Waals surface area contributed by atoms with E-state index in [0.29, 0.717) is 5.02 Å². The number of rotatable bonds is 2. The van der Waals surface area contributed by atoms with Crippen LogP contribution in [0.25, 0.3) is 0 Å². The molecule has 0 aliphatic carbocycles. The van der Waals surface area contributed by atoms with Crippen molar-refractivity contribution in [1.29, 1.82) is 0 Å². The summed E-state index contributed by atoms with van der Waals surface area (Å²) in [4.78, 5) is 2.33. The van der Waals surface area contributed by atoms with E-state index in [4.69, 9.17) is 16.3 Å². The molecule has 0 fully saturated rings. The van der Waals surface area contributed by atoms with Crippen molar-refractivity contribution in [2.45, 2.75) is 26.1 Å². The van der Waals surface area contributed by atoms with E-state index in [1.807, 2.05) is 30.3 Å². The minimum absolute atomic E-state index is 0.123. The van der Waals surface area contributed by atoms with Crippen LogP contribution < -0.4 is 4.74 Å². The monoisotopic (exact) mass is 303 g/mol. The Kier molecular flexibility index (Phi) is 4.04. The molecule has 0 saturated carbocycles. The third-order valence-electron chi connectivity index (χ3n) is 3.63. The second kappa shape index (κ2) is 5.96. The molecule has 2 aromatic rings. The summed E-state index contributed by atoms with van der Waals surface area (Å²) in [5.41, 5.74) is 2.29. The lowest BCUT2D eigenvalue weighted by Crippen LogP contribution is -2.30. The third kappa shape index (κ3) is 3.31. The number of fused-ring (bicyclic) bond motifs is 1. The highest BCUT2D eigenvalue weighted by Crippen LogP contribution is 2.27. The lowest BCUT2D eigenvalue weighted by atomic mass is 10.1. The van der Waals surface area contributed by atoms with E-state index in [-0.39, 0.29) is 11.9 Å². The van der Waals surface area contributed by atoms with Crippen LogP contribution in [0.5, 0.6) is 11.5 Å². The molecule has 4 heteroatoms. The van der Waals surface area contributed by atoms with Gasteiger partial charge < -0.3 is 9.84 Å². The molecule has 1 heterocycles. The average Bonchev–Trinajstić information content (AvgIpc) is 2.60. The summed E-state index contributed by atoms with van der Waals surface area (Å²) in [6.45, 7) is 4.56. The van der Waals surface area contributed by atoms with Gasteiger partial charge in [-0.1, -0.05) is 35.9 Å². The first kappa shape index (κ1) is 14.2. The molecule has 110 valence electrons. The summed E-state index contributed by atoms with van der Waals surface area (Å²) in [6, 6.07) is 13.5. The number of hydrogen-bond acceptors (Lipinski definition) is 3. The molecule has 1 aliphatic heterocycles. The van der Waals surface area contributed by atoms with Crippen molar-refractivity contribution in [3.05, 3.63) is 58.6 Å². The smallest absolute Gasteiger partial charge is 0.134 e. The Labute approximate surface area is 129 Å². The standard InChI is InChI=1S/C17H18ClNO2/c1-12-9-19(10-13-6-7-16(20)15(18)8-13)11-14-4-2-3-5-17(14)21-12/h2-8,12,20H,9-11H2,1H3. The van der Waals surface area contributed by atoms with E-state index in [9.17, 15) is 5.11 Å². The molecule has 1 aliphatic rings. The fourth-order valence-corrected chi connectivity index (χ4v) is 2.90. The Morgan fingerprint density at radius 3 is 2.90 bits per heavy atom. The van der Waals surface area contributed by atoms with Gasteiger partial charge in [-0.2, -0.15) is 0 Å². The molecule has 1 unspecified atom stereocenters. The lowest BCUT2D eigenvalue weighted by Gasteiger charge is -2.22. The van der Waals surface area contributed by atoms with Crippen LogP contribution in [0.4, 0.5) is 0 Å². The number of hydrogen-bond donors (Lipinski definition) is 1. The van der Waals surface area contributed by atoms with E-state index in [2.05, 4.69) is 17.9 Å². The van der Waals surface area contributed by atoms with E-state index in [0.717, 1.165) is 30.9 Å². The number of halogens is 1. The number of aromatic hydroxyl groups is 1. The summed E-state index contributed by atoms with van der Waals surface area (Å²) in [5.74, 6) is 1.09. The molecule has 0 aromatic heterocycles. The van der Waals surface area contributed by atoms with Crippen LogP contribution in [-0.4, -0.2) is 22.7 Å². The maximum absolute atomic E-state index is 9.50. The van der Waals surface area contributed by atoms with Crippen molar-refractivity contribution in [3.63, 3.8) is 0 Å². The molecule has 0 saturated heterocycles. The minimum atomic E-state index is 0.123. The first-order valence-electron chi connectivity index (χ1n) is 7.06. The van der Waals surface area contributed by atoms with Crippen molar-refractivity contribution in [2.24, 2.45) is 0 Å². The minimum Gasteiger partial charge on any atom is -0.506 e. The van der Waals surface area contributed by atoms with Crippen molar-refractivity contribution >= 4 is 11.6 Å². The zero-order chi connectivity index (χ0) is 14.8. The second-order valence-corrected chi connectivity index (χ2v) is 5.90. The van der Waals surface area contributed by atoms with E-state index < -0.39 is 0 Å². The van der Waals surface area contributed by atoms with E-state index in [1.165, 1.54) is 5.56 Å². The maximum atomic E-state index is 9.50. The molecule has 21 heavy (non-hydrogen) atoms. The fourth-order valence-electron chi connectivity index (χ4n) is 2.70. The van der Waals surface area contributed by atoms with Gasteiger partial charge in [-0.15, -0.1) is 0 Å². The molecule has 1 N–H and O–H groups in total. The van der Waals surface area contributed by atoms with Gasteiger partial charge in [0.2, 0.25) is 0 Å². The molecule has 0 bridgehead atoms. The topological polar surface area (TPSA) is 32.7 Å². The summed E-state index contributed by atoms with van der Waals surface area (Å²) < 4.78 is 5.96. The van der Waals surface area contributed by atoms with Gasteiger partial charge in [0.1, 0.15) is 17.6 Å². The molecule has 0 radical (unpaired) electrons. The first-order chi connectivity index (χ1) is 10.1. The second-order valence-electron chi connectivity index (χ2n) is 5.49. The Balaban J connectivity index is 1.80. The van der Waals surface area contributed by atoms with Crippen molar-refractivity contribution < 1.29 is 9.84 Å². The molecule has 3 nitrogen and oxygen atoms in total. The Bertz CT molecular complexity index is 644. The predicted octanol–water partition coefficient (Wildman–Crippen LogP) is 3.83. The van der Waals surface area contributed by atoms with Gasteiger partial charge in [-0.3, -0.25) is 4.90 Å². The quantitative estimate of drug-likeness (QED) is 0.915. The lowest BCUT2D eigenvalue weighted by molar-refractivity contribution is 0.156. The van der Waals surface area contributed by atoms with Crippen molar-refractivity contribution in [3.8, 4) is 11.5 Å². The van der Waals surface area contributed by atoms with Crippen LogP contribution in [0.3, 0.4) is 0 Å². The number of ether oxygens (including phenoxy) is 1. The van der Waals surface area contributed by atoms with Gasteiger partial charge in [0.05, 0.1) is 5.02 Å². The molecule has 1 atom stereocenters. The highest BCUT2D eigenvalue weighted by molar-refractivity contribution is 6.32. The third-order valence-corrected chi connectivity index (χ3v) is 3.93. The van der Waals surface area contributed by atoms with Gasteiger partial charge in [-0.25, -0.2) is 0 Å². The van der Waals surface area contributed by atoms with Crippen LogP contribution in [-0.2, 0) is 13.1 Å². The average molecular weight is 304 g/mol. The molecule has 0 amide bonds. The highest BCUT2D eigenvalue weighted by Gasteiger charge is 2.20. The van der Waals surface area contributed by atoms with Gasteiger partial charge in [-0.05, 0) is 30.7 Å². The summed E-state index contributed by atoms with van der Waals surface area (Å²) >= 11 is 5.98. The van der Waals surface area contributed by atoms with Gasteiger partial charge in [0, 0.05) is 25.2 Å². The van der Waals surface area contributed by atoms with Crippen LogP contribution in [0, 0.1) is 0 Å². The SMILES string of the molecule is CC1CN(Cc2ccc(O)c(Cl)c2)Cc2ccccc2O1. The van der Waals surface area contributed by atoms with Crippen LogP contribution in [0.2, 0.25) is 5.02 Å². The van der Waals surface area contributed by atoms with Crippen LogP contribution in [0.1, 0.15) is 18.1 Å². The number of phenolic OH excluding ortho intramolecular Hbond substituents is 1. The van der Waals surface area contributed by atoms with Crippen LogP contribution in [0.15, 0.2) is 42.5 Å². The highest BCUT2D eigenvalue weighted by atomic mass is 35.5. The van der Waals surface area contributed by atoms with Gasteiger partial charge >= 0.3 is 0 Å². The Morgan fingerprint density at radius 1 is 1.29 bits per heavy atom. The first-order valence-corrected chi connectivity index (χ1v) is 7.44. The number of phenols is 1. The van der Waals surface area contributed by atoms with Crippen molar-refractivity contribution in [2.75, 3.05) is 6.54 Å². The predicted molar refractivity (Wildman–Crippen MR) is 83.8 cm³/mol. The Morgan fingerprint density at radius 2 is 2.10 bits per heavy atom. The normalized spacial score (nSPS) is 18.7. The summed E-state index contributed by atoms with van der Waals surface area (Å²) in [6.07, 6.45) is 0.140. The van der Waals surface area contributed by atoms with E-state index in [1.54, 1.807) is 6.07 Å². The summed E-state index contributed by atoms with van der Waals surface area (Å²) in [7, 11) is 0. The number of benzene rings is 2.